The molecule has 0 atom stereocenters. The van der Waals surface area contributed by atoms with E-state index in [1.807, 2.05) is 13.0 Å². The van der Waals surface area contributed by atoms with Crippen LogP contribution in [0.2, 0.25) is 0 Å². The van der Waals surface area contributed by atoms with Gasteiger partial charge >= 0.3 is 0 Å². The van der Waals surface area contributed by atoms with Crippen LogP contribution >= 0.6 is 0 Å². The molecule has 21 heavy (non-hydrogen) atoms. The number of hydrogen-bond acceptors (Lipinski definition) is 5. The van der Waals surface area contributed by atoms with Crippen LogP contribution in [0.4, 0.5) is 11.4 Å². The number of nitrogens with zero attached hydrogens (tertiary/aromatic N) is 1. The zero-order valence-corrected chi connectivity index (χ0v) is 12.2. The lowest BCUT2D eigenvalue weighted by atomic mass is 10.2. The molecular weight excluding hydrogens is 272 g/mol. The van der Waals surface area contributed by atoms with Gasteiger partial charge in [-0.1, -0.05) is 6.07 Å². The van der Waals surface area contributed by atoms with Crippen LogP contribution in [-0.2, 0) is 4.79 Å². The number of aryl methyl sites for hydroxylation is 1. The molecule has 0 aliphatic carbocycles. The summed E-state index contributed by atoms with van der Waals surface area (Å²) in [5.74, 6) is -0.0123. The molecule has 0 aromatic heterocycles. The first-order chi connectivity index (χ1) is 10.0. The Labute approximate surface area is 124 Å². The summed E-state index contributed by atoms with van der Waals surface area (Å²) in [7, 11) is 0. The largest absolute Gasteiger partial charge is 0.379 e. The Balaban J connectivity index is 2.33. The van der Waals surface area contributed by atoms with Gasteiger partial charge in [0.05, 0.1) is 4.92 Å². The number of hydrogen-bond donors (Lipinski definition) is 3. The van der Waals surface area contributed by atoms with E-state index < -0.39 is 4.92 Å². The molecule has 0 spiro atoms. The zero-order chi connectivity index (χ0) is 15.7. The average molecular weight is 294 g/mol. The Hall–Kier alpha value is -2.15. The summed E-state index contributed by atoms with van der Waals surface area (Å²) in [6, 6.07) is 5.06. The molecule has 7 nitrogen and oxygen atoms in total. The fourth-order valence-electron chi connectivity index (χ4n) is 1.83. The van der Waals surface area contributed by atoms with Crippen LogP contribution in [-0.4, -0.2) is 30.5 Å². The third kappa shape index (κ3) is 6.22. The molecule has 116 valence electrons. The van der Waals surface area contributed by atoms with Crippen molar-refractivity contribution in [1.82, 2.24) is 5.32 Å². The molecule has 0 radical (unpaired) electrons. The number of rotatable bonds is 9. The van der Waals surface area contributed by atoms with Crippen LogP contribution in [0.1, 0.15) is 24.8 Å². The van der Waals surface area contributed by atoms with Crippen molar-refractivity contribution in [3.8, 4) is 0 Å². The molecule has 0 aliphatic heterocycles. The highest BCUT2D eigenvalue weighted by Crippen LogP contribution is 2.24. The highest BCUT2D eigenvalue weighted by atomic mass is 16.6. The predicted molar refractivity (Wildman–Crippen MR) is 82.2 cm³/mol. The van der Waals surface area contributed by atoms with Crippen LogP contribution in [0.5, 0.6) is 0 Å². The number of nitro benzene ring substituents is 1. The topological polar surface area (TPSA) is 110 Å². The summed E-state index contributed by atoms with van der Waals surface area (Å²) in [6.45, 7) is 3.41. The van der Waals surface area contributed by atoms with Crippen molar-refractivity contribution in [3.63, 3.8) is 0 Å². The zero-order valence-electron chi connectivity index (χ0n) is 12.2. The average Bonchev–Trinajstić information content (AvgIpc) is 2.45. The molecule has 0 bridgehead atoms. The molecular formula is C14H22N4O3. The fourth-order valence-corrected chi connectivity index (χ4v) is 1.83. The van der Waals surface area contributed by atoms with Gasteiger partial charge < -0.3 is 16.4 Å². The van der Waals surface area contributed by atoms with E-state index in [1.165, 1.54) is 6.07 Å². The number of benzene rings is 1. The maximum atomic E-state index is 11.3. The second kappa shape index (κ2) is 8.91. The monoisotopic (exact) mass is 294 g/mol. The van der Waals surface area contributed by atoms with Crippen molar-refractivity contribution in [3.05, 3.63) is 33.9 Å². The summed E-state index contributed by atoms with van der Waals surface area (Å²) >= 11 is 0. The number of carbonyl (C=O) groups is 1. The van der Waals surface area contributed by atoms with E-state index in [2.05, 4.69) is 10.6 Å². The van der Waals surface area contributed by atoms with Crippen LogP contribution < -0.4 is 16.4 Å². The van der Waals surface area contributed by atoms with E-state index >= 15 is 0 Å². The first kappa shape index (κ1) is 16.9. The number of nitrogens with one attached hydrogen (secondary N) is 2. The van der Waals surface area contributed by atoms with Gasteiger partial charge in [0.25, 0.3) is 5.69 Å². The second-order valence-corrected chi connectivity index (χ2v) is 4.80. The maximum absolute atomic E-state index is 11.3. The predicted octanol–water partition coefficient (Wildman–Crippen LogP) is 1.56. The summed E-state index contributed by atoms with van der Waals surface area (Å²) in [5.41, 5.74) is 6.74. The Morgan fingerprint density at radius 2 is 2.10 bits per heavy atom. The first-order valence-corrected chi connectivity index (χ1v) is 7.00. The quantitative estimate of drug-likeness (QED) is 0.363. The molecule has 1 amide bonds. The molecule has 0 saturated carbocycles. The van der Waals surface area contributed by atoms with Crippen LogP contribution in [0.25, 0.3) is 0 Å². The smallest absolute Gasteiger partial charge is 0.292 e. The standard InChI is InChI=1S/C14H22N4O3/c1-11-5-6-12(13(10-11)18(20)21)16-8-3-9-17-14(19)4-2-7-15/h5-6,10,16H,2-4,7-9,15H2,1H3,(H,17,19). The van der Waals surface area contributed by atoms with Gasteiger partial charge in [-0.3, -0.25) is 14.9 Å². The molecule has 0 unspecified atom stereocenters. The molecule has 7 heteroatoms. The molecule has 1 aromatic carbocycles. The Bertz CT molecular complexity index is 491. The van der Waals surface area contributed by atoms with Gasteiger partial charge in [0.2, 0.25) is 5.91 Å². The lowest BCUT2D eigenvalue weighted by Gasteiger charge is -2.08. The minimum absolute atomic E-state index is 0.0123. The van der Waals surface area contributed by atoms with Crippen molar-refractivity contribution in [2.45, 2.75) is 26.2 Å². The molecule has 0 aliphatic rings. The van der Waals surface area contributed by atoms with Gasteiger partial charge in [-0.2, -0.15) is 0 Å². The van der Waals surface area contributed by atoms with E-state index in [-0.39, 0.29) is 11.6 Å². The first-order valence-electron chi connectivity index (χ1n) is 7.00. The molecule has 4 N–H and O–H groups in total. The lowest BCUT2D eigenvalue weighted by Crippen LogP contribution is -2.26. The number of nitro groups is 1. The van der Waals surface area contributed by atoms with Gasteiger partial charge in [-0.25, -0.2) is 0 Å². The number of amides is 1. The number of anilines is 1. The second-order valence-electron chi connectivity index (χ2n) is 4.80. The SMILES string of the molecule is Cc1ccc(NCCCNC(=O)CCCN)c([N+](=O)[O-])c1. The van der Waals surface area contributed by atoms with E-state index in [4.69, 9.17) is 5.73 Å². The molecule has 0 saturated heterocycles. The Kier molecular flexibility index (Phi) is 7.17. The van der Waals surface area contributed by atoms with Gasteiger partial charge in [0, 0.05) is 25.6 Å². The minimum Gasteiger partial charge on any atom is -0.379 e. The van der Waals surface area contributed by atoms with Crippen molar-refractivity contribution >= 4 is 17.3 Å². The van der Waals surface area contributed by atoms with Gasteiger partial charge in [-0.15, -0.1) is 0 Å². The van der Waals surface area contributed by atoms with Crippen molar-refractivity contribution in [2.75, 3.05) is 25.0 Å². The Morgan fingerprint density at radius 3 is 2.76 bits per heavy atom. The van der Waals surface area contributed by atoms with Crippen molar-refractivity contribution in [2.24, 2.45) is 5.73 Å². The van der Waals surface area contributed by atoms with Crippen molar-refractivity contribution < 1.29 is 9.72 Å². The van der Waals surface area contributed by atoms with Crippen LogP contribution in [0.3, 0.4) is 0 Å². The number of carbonyl (C=O) groups excluding carboxylic acids is 1. The summed E-state index contributed by atoms with van der Waals surface area (Å²) in [5, 5.41) is 16.8. The van der Waals surface area contributed by atoms with E-state index in [0.717, 1.165) is 5.56 Å². The highest BCUT2D eigenvalue weighted by Gasteiger charge is 2.12. The summed E-state index contributed by atoms with van der Waals surface area (Å²) in [4.78, 5) is 21.9. The molecule has 1 rings (SSSR count). The third-order valence-electron chi connectivity index (χ3n) is 2.95. The summed E-state index contributed by atoms with van der Waals surface area (Å²) in [6.07, 6.45) is 1.81. The van der Waals surface area contributed by atoms with Crippen LogP contribution in [0.15, 0.2) is 18.2 Å². The molecule has 0 fully saturated rings. The van der Waals surface area contributed by atoms with E-state index in [1.54, 1.807) is 6.07 Å². The van der Waals surface area contributed by atoms with E-state index in [0.29, 0.717) is 44.6 Å². The number of nitrogens with two attached hydrogens (primary N) is 1. The minimum atomic E-state index is -0.399. The molecule has 1 aromatic rings. The van der Waals surface area contributed by atoms with Gasteiger partial charge in [0.1, 0.15) is 5.69 Å². The van der Waals surface area contributed by atoms with Gasteiger partial charge in [0.15, 0.2) is 0 Å². The van der Waals surface area contributed by atoms with Crippen molar-refractivity contribution in [1.29, 1.82) is 0 Å². The lowest BCUT2D eigenvalue weighted by molar-refractivity contribution is -0.384. The highest BCUT2D eigenvalue weighted by molar-refractivity contribution is 5.75. The van der Waals surface area contributed by atoms with Gasteiger partial charge in [-0.05, 0) is 37.9 Å². The molecule has 0 heterocycles. The van der Waals surface area contributed by atoms with E-state index in [9.17, 15) is 14.9 Å². The fraction of sp³-hybridized carbons (Fsp3) is 0.500. The van der Waals surface area contributed by atoms with Crippen LogP contribution in [0, 0.1) is 17.0 Å². The summed E-state index contributed by atoms with van der Waals surface area (Å²) < 4.78 is 0. The Morgan fingerprint density at radius 1 is 1.33 bits per heavy atom. The maximum Gasteiger partial charge on any atom is 0.292 e. The normalized spacial score (nSPS) is 10.2. The third-order valence-corrected chi connectivity index (χ3v) is 2.95.